The van der Waals surface area contributed by atoms with Gasteiger partial charge in [-0.15, -0.1) is 0 Å². The van der Waals surface area contributed by atoms with E-state index in [2.05, 4.69) is 5.16 Å². The third-order valence-corrected chi connectivity index (χ3v) is 1.94. The van der Waals surface area contributed by atoms with Gasteiger partial charge >= 0.3 is 0 Å². The predicted octanol–water partition coefficient (Wildman–Crippen LogP) is 0.380. The number of nitrogens with two attached hydrogens (primary N) is 2. The lowest BCUT2D eigenvalue weighted by atomic mass is 10.1. The smallest absolute Gasteiger partial charge is 0.172 e. The van der Waals surface area contributed by atoms with Crippen LogP contribution in [0, 0.1) is 0 Å². The first-order valence-corrected chi connectivity index (χ1v) is 4.13. The van der Waals surface area contributed by atoms with Gasteiger partial charge in [0.15, 0.2) is 17.3 Å². The van der Waals surface area contributed by atoms with E-state index in [1.165, 1.54) is 14.2 Å². The molecule has 0 radical (unpaired) electrons. The van der Waals surface area contributed by atoms with Crippen LogP contribution < -0.4 is 20.9 Å². The monoisotopic (exact) mass is 211 g/mol. The van der Waals surface area contributed by atoms with Crippen molar-refractivity contribution >= 4 is 11.5 Å². The molecule has 0 aliphatic rings. The Morgan fingerprint density at radius 3 is 2.27 bits per heavy atom. The summed E-state index contributed by atoms with van der Waals surface area (Å²) in [6, 6.07) is 3.09. The van der Waals surface area contributed by atoms with Crippen LogP contribution in [0.3, 0.4) is 0 Å². The summed E-state index contributed by atoms with van der Waals surface area (Å²) in [5, 5.41) is 11.4. The summed E-state index contributed by atoms with van der Waals surface area (Å²) in [7, 11) is 2.99. The Morgan fingerprint density at radius 2 is 1.80 bits per heavy atom. The van der Waals surface area contributed by atoms with Crippen molar-refractivity contribution in [2.24, 2.45) is 10.9 Å². The van der Waals surface area contributed by atoms with E-state index in [-0.39, 0.29) is 5.84 Å². The molecule has 0 aromatic heterocycles. The third-order valence-electron chi connectivity index (χ3n) is 1.94. The van der Waals surface area contributed by atoms with E-state index in [4.69, 9.17) is 26.1 Å². The number of ether oxygens (including phenoxy) is 2. The number of amidine groups is 1. The van der Waals surface area contributed by atoms with Crippen molar-refractivity contribution in [3.8, 4) is 11.5 Å². The van der Waals surface area contributed by atoms with Crippen molar-refractivity contribution < 1.29 is 14.7 Å². The molecular formula is C9H13N3O3. The minimum atomic E-state index is -0.0755. The maximum Gasteiger partial charge on any atom is 0.172 e. The van der Waals surface area contributed by atoms with E-state index in [1.54, 1.807) is 12.1 Å². The van der Waals surface area contributed by atoms with Crippen LogP contribution in [0.2, 0.25) is 0 Å². The fourth-order valence-electron chi connectivity index (χ4n) is 1.17. The van der Waals surface area contributed by atoms with Gasteiger partial charge in [-0.05, 0) is 6.07 Å². The average Bonchev–Trinajstić information content (AvgIpc) is 2.27. The lowest BCUT2D eigenvalue weighted by Gasteiger charge is -2.11. The topological polar surface area (TPSA) is 103 Å². The third kappa shape index (κ3) is 2.04. The van der Waals surface area contributed by atoms with Gasteiger partial charge in [0.25, 0.3) is 0 Å². The van der Waals surface area contributed by atoms with Crippen molar-refractivity contribution in [3.05, 3.63) is 17.7 Å². The van der Waals surface area contributed by atoms with Gasteiger partial charge in [0, 0.05) is 17.3 Å². The van der Waals surface area contributed by atoms with Crippen molar-refractivity contribution in [1.82, 2.24) is 0 Å². The first kappa shape index (κ1) is 11.0. The van der Waals surface area contributed by atoms with Gasteiger partial charge in [0.1, 0.15) is 0 Å². The fraction of sp³-hybridized carbons (Fsp3) is 0.222. The summed E-state index contributed by atoms with van der Waals surface area (Å²) >= 11 is 0. The summed E-state index contributed by atoms with van der Waals surface area (Å²) in [6.45, 7) is 0. The molecule has 1 aromatic carbocycles. The molecule has 5 N–H and O–H groups in total. The Morgan fingerprint density at radius 1 is 1.27 bits per heavy atom. The molecule has 1 aromatic rings. The van der Waals surface area contributed by atoms with Crippen LogP contribution in [0.15, 0.2) is 17.3 Å². The molecule has 0 unspecified atom stereocenters. The van der Waals surface area contributed by atoms with Crippen LogP contribution in [0.5, 0.6) is 11.5 Å². The Hall–Kier alpha value is -2.11. The lowest BCUT2D eigenvalue weighted by molar-refractivity contribution is 0.318. The van der Waals surface area contributed by atoms with E-state index >= 15 is 0 Å². The first-order chi connectivity index (χ1) is 7.13. The highest BCUT2D eigenvalue weighted by atomic mass is 16.5. The average molecular weight is 211 g/mol. The number of oxime groups is 1. The van der Waals surface area contributed by atoms with E-state index in [0.717, 1.165) is 0 Å². The zero-order chi connectivity index (χ0) is 11.4. The number of hydrogen-bond donors (Lipinski definition) is 3. The Labute approximate surface area is 87.1 Å². The molecule has 6 heteroatoms. The van der Waals surface area contributed by atoms with Crippen LogP contribution in [-0.4, -0.2) is 25.3 Å². The van der Waals surface area contributed by atoms with Gasteiger partial charge in [0.2, 0.25) is 0 Å². The number of methoxy groups -OCH3 is 2. The van der Waals surface area contributed by atoms with Crippen molar-refractivity contribution in [3.63, 3.8) is 0 Å². The number of nitrogen functional groups attached to an aromatic ring is 1. The lowest BCUT2D eigenvalue weighted by Crippen LogP contribution is -2.15. The largest absolute Gasteiger partial charge is 0.493 e. The van der Waals surface area contributed by atoms with E-state index in [1.807, 2.05) is 0 Å². The maximum atomic E-state index is 8.54. The Balaban J connectivity index is 3.32. The molecule has 6 nitrogen and oxygen atoms in total. The summed E-state index contributed by atoms with van der Waals surface area (Å²) in [6.07, 6.45) is 0. The molecule has 0 spiro atoms. The van der Waals surface area contributed by atoms with Crippen LogP contribution in [0.25, 0.3) is 0 Å². The summed E-state index contributed by atoms with van der Waals surface area (Å²) in [4.78, 5) is 0. The second-order valence-corrected chi connectivity index (χ2v) is 2.78. The predicted molar refractivity (Wildman–Crippen MR) is 56.5 cm³/mol. The van der Waals surface area contributed by atoms with Gasteiger partial charge in [-0.25, -0.2) is 0 Å². The molecular weight excluding hydrogens is 198 g/mol. The second kappa shape index (κ2) is 4.41. The standard InChI is InChI=1S/C9H13N3O3/c1-14-7-3-5(9(11)12-13)6(10)4-8(7)15-2/h3-4,13H,10H2,1-2H3,(H2,11,12). The van der Waals surface area contributed by atoms with Crippen LogP contribution in [0.4, 0.5) is 5.69 Å². The van der Waals surface area contributed by atoms with E-state index in [0.29, 0.717) is 22.7 Å². The zero-order valence-electron chi connectivity index (χ0n) is 8.52. The SMILES string of the molecule is COc1cc(N)c(C(N)=NO)cc1OC. The van der Waals surface area contributed by atoms with Gasteiger partial charge < -0.3 is 26.1 Å². The summed E-state index contributed by atoms with van der Waals surface area (Å²) < 4.78 is 10.1. The molecule has 0 heterocycles. The first-order valence-electron chi connectivity index (χ1n) is 4.13. The molecule has 0 fully saturated rings. The van der Waals surface area contributed by atoms with E-state index < -0.39 is 0 Å². The van der Waals surface area contributed by atoms with Gasteiger partial charge in [-0.3, -0.25) is 0 Å². The van der Waals surface area contributed by atoms with E-state index in [9.17, 15) is 0 Å². The molecule has 0 aliphatic heterocycles. The zero-order valence-corrected chi connectivity index (χ0v) is 8.52. The minimum Gasteiger partial charge on any atom is -0.493 e. The minimum absolute atomic E-state index is 0.0755. The van der Waals surface area contributed by atoms with Crippen LogP contribution in [-0.2, 0) is 0 Å². The second-order valence-electron chi connectivity index (χ2n) is 2.78. The van der Waals surface area contributed by atoms with Crippen molar-refractivity contribution in [2.75, 3.05) is 20.0 Å². The number of rotatable bonds is 3. The maximum absolute atomic E-state index is 8.54. The summed E-state index contributed by atoms with van der Waals surface area (Å²) in [5.41, 5.74) is 11.9. The highest BCUT2D eigenvalue weighted by Gasteiger charge is 2.11. The molecule has 0 amide bonds. The normalized spacial score (nSPS) is 11.2. The van der Waals surface area contributed by atoms with Crippen LogP contribution >= 0.6 is 0 Å². The molecule has 0 atom stereocenters. The highest BCUT2D eigenvalue weighted by molar-refractivity contribution is 6.02. The van der Waals surface area contributed by atoms with Crippen molar-refractivity contribution in [1.29, 1.82) is 0 Å². The molecule has 82 valence electrons. The fourth-order valence-corrected chi connectivity index (χ4v) is 1.17. The number of hydrogen-bond acceptors (Lipinski definition) is 5. The van der Waals surface area contributed by atoms with Crippen molar-refractivity contribution in [2.45, 2.75) is 0 Å². The molecule has 0 aliphatic carbocycles. The molecule has 0 saturated heterocycles. The number of nitrogens with zero attached hydrogens (tertiary/aromatic N) is 1. The molecule has 15 heavy (non-hydrogen) atoms. The van der Waals surface area contributed by atoms with Gasteiger partial charge in [-0.1, -0.05) is 5.16 Å². The molecule has 0 saturated carbocycles. The van der Waals surface area contributed by atoms with Gasteiger partial charge in [0.05, 0.1) is 14.2 Å². The molecule has 1 rings (SSSR count). The van der Waals surface area contributed by atoms with Gasteiger partial charge in [-0.2, -0.15) is 0 Å². The quantitative estimate of drug-likeness (QED) is 0.220. The number of anilines is 1. The highest BCUT2D eigenvalue weighted by Crippen LogP contribution is 2.31. The molecule has 0 bridgehead atoms. The Kier molecular flexibility index (Phi) is 3.22. The van der Waals surface area contributed by atoms with Crippen LogP contribution in [0.1, 0.15) is 5.56 Å². The Bertz CT molecular complexity index is 390. The summed E-state index contributed by atoms with van der Waals surface area (Å²) in [5.74, 6) is 0.881. The number of benzene rings is 1.